The number of H-pyrrole nitrogens is 1. The predicted molar refractivity (Wildman–Crippen MR) is 127 cm³/mol. The zero-order valence-corrected chi connectivity index (χ0v) is 18.4. The number of nitrogens with zero attached hydrogens (tertiary/aromatic N) is 2. The molecule has 0 bridgehead atoms. The van der Waals surface area contributed by atoms with E-state index in [1.54, 1.807) is 0 Å². The van der Waals surface area contributed by atoms with Crippen molar-refractivity contribution >= 4 is 34.0 Å². The van der Waals surface area contributed by atoms with E-state index in [0.717, 1.165) is 17.7 Å². The number of hydrogen-bond acceptors (Lipinski definition) is 3. The van der Waals surface area contributed by atoms with Gasteiger partial charge in [-0.1, -0.05) is 54.1 Å². The summed E-state index contributed by atoms with van der Waals surface area (Å²) in [7, 11) is 4.09. The third kappa shape index (κ3) is 4.42. The maximum atomic E-state index is 12.2. The molecule has 5 nitrogen and oxygen atoms in total. The number of aryl methyl sites for hydroxylation is 2. The molecule has 4 aromatic rings. The van der Waals surface area contributed by atoms with Crippen molar-refractivity contribution in [3.05, 3.63) is 93.8 Å². The number of nitrogens with two attached hydrogens (primary N) is 1. The smallest absolute Gasteiger partial charge is 0.252 e. The Kier molecular flexibility index (Phi) is 5.96. The van der Waals surface area contributed by atoms with E-state index in [4.69, 9.17) is 17.3 Å². The van der Waals surface area contributed by atoms with Gasteiger partial charge in [-0.2, -0.15) is 5.10 Å². The monoisotopic (exact) mass is 432 g/mol. The van der Waals surface area contributed by atoms with Gasteiger partial charge < -0.3 is 10.6 Å². The summed E-state index contributed by atoms with van der Waals surface area (Å²) in [6, 6.07) is 20.2. The third-order valence-electron chi connectivity index (χ3n) is 5.54. The van der Waals surface area contributed by atoms with E-state index in [-0.39, 0.29) is 0 Å². The van der Waals surface area contributed by atoms with Crippen LogP contribution in [0.25, 0.3) is 10.8 Å². The second kappa shape index (κ2) is 8.82. The zero-order valence-electron chi connectivity index (χ0n) is 17.7. The van der Waals surface area contributed by atoms with E-state index in [1.807, 2.05) is 38.4 Å². The number of rotatable bonds is 7. The quantitative estimate of drug-likeness (QED) is 0.442. The molecule has 6 heteroatoms. The highest BCUT2D eigenvalue weighted by Crippen LogP contribution is 2.29. The van der Waals surface area contributed by atoms with Gasteiger partial charge >= 0.3 is 0 Å². The first-order chi connectivity index (χ1) is 14.9. The number of benzene rings is 3. The second-order valence-electron chi connectivity index (χ2n) is 7.88. The summed E-state index contributed by atoms with van der Waals surface area (Å²) in [4.78, 5) is 14.4. The lowest BCUT2D eigenvalue weighted by Crippen LogP contribution is -2.15. The van der Waals surface area contributed by atoms with E-state index >= 15 is 0 Å². The van der Waals surface area contributed by atoms with Gasteiger partial charge in [0.05, 0.1) is 17.0 Å². The Hall–Kier alpha value is -3.31. The van der Waals surface area contributed by atoms with Crippen LogP contribution in [0.5, 0.6) is 0 Å². The molecular formula is C25H25ClN4O. The first kappa shape index (κ1) is 20.9. The van der Waals surface area contributed by atoms with E-state index in [1.165, 1.54) is 22.0 Å². The molecule has 31 heavy (non-hydrogen) atoms. The van der Waals surface area contributed by atoms with Crippen molar-refractivity contribution in [2.45, 2.75) is 19.3 Å². The number of carbonyl (C=O) groups excluding carboxylic acids is 1. The van der Waals surface area contributed by atoms with E-state index in [0.29, 0.717) is 29.1 Å². The highest BCUT2D eigenvalue weighted by molar-refractivity contribution is 6.30. The first-order valence-electron chi connectivity index (χ1n) is 10.2. The summed E-state index contributed by atoms with van der Waals surface area (Å²) < 4.78 is 0. The average Bonchev–Trinajstić information content (AvgIpc) is 3.14. The molecule has 158 valence electrons. The van der Waals surface area contributed by atoms with Crippen molar-refractivity contribution < 1.29 is 4.79 Å². The van der Waals surface area contributed by atoms with Crippen LogP contribution in [0.1, 0.15) is 32.9 Å². The molecule has 0 atom stereocenters. The standard InChI is InChI=1S/C25H25ClN4O/c1-30(2)23-13-11-17(19-8-3-4-9-20(19)23)10-12-21-24(25(27)31)22(29-28-21)15-16-6-5-7-18(26)14-16/h3-9,11,13-14H,10,12,15H2,1-2H3,(H2,27,31)(H,28,29). The Morgan fingerprint density at radius 3 is 2.52 bits per heavy atom. The molecule has 0 unspecified atom stereocenters. The van der Waals surface area contributed by atoms with Crippen LogP contribution in [-0.2, 0) is 19.3 Å². The highest BCUT2D eigenvalue weighted by atomic mass is 35.5. The minimum absolute atomic E-state index is 0.464. The number of anilines is 1. The molecule has 1 amide bonds. The number of amides is 1. The average molecular weight is 433 g/mol. The number of nitrogens with one attached hydrogen (secondary N) is 1. The second-order valence-corrected chi connectivity index (χ2v) is 8.32. The maximum Gasteiger partial charge on any atom is 0.252 e. The molecule has 0 aliphatic heterocycles. The number of primary amides is 1. The largest absolute Gasteiger partial charge is 0.377 e. The molecule has 0 saturated heterocycles. The fourth-order valence-electron chi connectivity index (χ4n) is 4.08. The van der Waals surface area contributed by atoms with Crippen molar-refractivity contribution in [1.82, 2.24) is 10.2 Å². The van der Waals surface area contributed by atoms with Gasteiger partial charge in [-0.05, 0) is 47.6 Å². The van der Waals surface area contributed by atoms with E-state index in [9.17, 15) is 4.79 Å². The molecule has 0 fully saturated rings. The van der Waals surface area contributed by atoms with Gasteiger partial charge in [-0.3, -0.25) is 9.89 Å². The lowest BCUT2D eigenvalue weighted by Gasteiger charge is -2.17. The van der Waals surface area contributed by atoms with Gasteiger partial charge in [0.1, 0.15) is 0 Å². The van der Waals surface area contributed by atoms with Crippen molar-refractivity contribution in [2.75, 3.05) is 19.0 Å². The summed E-state index contributed by atoms with van der Waals surface area (Å²) in [6.45, 7) is 0. The lowest BCUT2D eigenvalue weighted by molar-refractivity contribution is 0.0998. The van der Waals surface area contributed by atoms with Crippen LogP contribution in [-0.4, -0.2) is 30.2 Å². The fraction of sp³-hybridized carbons (Fsp3) is 0.200. The molecule has 0 radical (unpaired) electrons. The summed E-state index contributed by atoms with van der Waals surface area (Å²) in [5.41, 5.74) is 11.0. The van der Waals surface area contributed by atoms with Crippen LogP contribution < -0.4 is 10.6 Å². The fourth-order valence-corrected chi connectivity index (χ4v) is 4.29. The number of fused-ring (bicyclic) bond motifs is 1. The van der Waals surface area contributed by atoms with Crippen molar-refractivity contribution in [3.8, 4) is 0 Å². The van der Waals surface area contributed by atoms with Crippen LogP contribution in [0.3, 0.4) is 0 Å². The molecule has 0 saturated carbocycles. The molecule has 3 aromatic carbocycles. The van der Waals surface area contributed by atoms with Crippen LogP contribution in [0.4, 0.5) is 5.69 Å². The highest BCUT2D eigenvalue weighted by Gasteiger charge is 2.19. The summed E-state index contributed by atoms with van der Waals surface area (Å²) in [5, 5.41) is 10.5. The van der Waals surface area contributed by atoms with Crippen LogP contribution >= 0.6 is 11.6 Å². The molecule has 0 aliphatic carbocycles. The van der Waals surface area contributed by atoms with Gasteiger partial charge in [-0.25, -0.2) is 0 Å². The molecule has 1 heterocycles. The van der Waals surface area contributed by atoms with Gasteiger partial charge in [0.15, 0.2) is 0 Å². The molecule has 1 aromatic heterocycles. The minimum atomic E-state index is -0.464. The molecular weight excluding hydrogens is 408 g/mol. The Morgan fingerprint density at radius 2 is 1.81 bits per heavy atom. The number of halogens is 1. The number of hydrogen-bond donors (Lipinski definition) is 2. The van der Waals surface area contributed by atoms with E-state index < -0.39 is 5.91 Å². The number of carbonyl (C=O) groups is 1. The van der Waals surface area contributed by atoms with Gasteiger partial charge in [0.2, 0.25) is 0 Å². The maximum absolute atomic E-state index is 12.2. The molecule has 3 N–H and O–H groups in total. The van der Waals surface area contributed by atoms with Gasteiger partial charge in [0, 0.05) is 36.6 Å². The third-order valence-corrected chi connectivity index (χ3v) is 5.77. The van der Waals surface area contributed by atoms with E-state index in [2.05, 4.69) is 51.5 Å². The first-order valence-corrected chi connectivity index (χ1v) is 10.6. The minimum Gasteiger partial charge on any atom is -0.377 e. The van der Waals surface area contributed by atoms with Crippen LogP contribution in [0.2, 0.25) is 5.02 Å². The Labute approximate surface area is 186 Å². The molecule has 0 spiro atoms. The zero-order chi connectivity index (χ0) is 22.0. The Morgan fingerprint density at radius 1 is 1.03 bits per heavy atom. The summed E-state index contributed by atoms with van der Waals surface area (Å²) in [6.07, 6.45) is 1.90. The van der Waals surface area contributed by atoms with Crippen molar-refractivity contribution in [3.63, 3.8) is 0 Å². The predicted octanol–water partition coefficient (Wildman–Crippen LogP) is 4.76. The van der Waals surface area contributed by atoms with Crippen molar-refractivity contribution in [1.29, 1.82) is 0 Å². The summed E-state index contributed by atoms with van der Waals surface area (Å²) >= 11 is 6.09. The molecule has 0 aliphatic rings. The Balaban J connectivity index is 1.62. The van der Waals surface area contributed by atoms with Gasteiger partial charge in [0.25, 0.3) is 5.91 Å². The van der Waals surface area contributed by atoms with Crippen molar-refractivity contribution in [2.24, 2.45) is 5.73 Å². The number of aromatic nitrogens is 2. The normalized spacial score (nSPS) is 11.1. The topological polar surface area (TPSA) is 75.0 Å². The van der Waals surface area contributed by atoms with Crippen LogP contribution in [0.15, 0.2) is 60.7 Å². The van der Waals surface area contributed by atoms with Gasteiger partial charge in [-0.15, -0.1) is 0 Å². The summed E-state index contributed by atoms with van der Waals surface area (Å²) in [5.74, 6) is -0.464. The SMILES string of the molecule is CN(C)c1ccc(CCc2n[nH]c(Cc3cccc(Cl)c3)c2C(N)=O)c2ccccc12. The molecule has 4 rings (SSSR count). The Bertz CT molecular complexity index is 1250. The lowest BCUT2D eigenvalue weighted by atomic mass is 9.97. The number of aromatic amines is 1. The van der Waals surface area contributed by atoms with Crippen LogP contribution in [0, 0.1) is 0 Å².